The van der Waals surface area contributed by atoms with Crippen LogP contribution in [0.4, 0.5) is 4.39 Å². The molecule has 1 amide bonds. The van der Waals surface area contributed by atoms with Crippen LogP contribution in [-0.4, -0.2) is 62.0 Å². The van der Waals surface area contributed by atoms with E-state index in [4.69, 9.17) is 0 Å². The Morgan fingerprint density at radius 1 is 1.12 bits per heavy atom. The van der Waals surface area contributed by atoms with Crippen molar-refractivity contribution < 1.29 is 9.18 Å². The number of carbonyl (C=O) groups excluding carboxylic acids is 1. The molecule has 3 rings (SSSR count). The SMILES string of the molecule is CN1CCN(CCCNC(=O)c2ccc(-c3ccc(F)cc3)s2)CC1. The molecular weight excluding hydrogens is 337 g/mol. The Labute approximate surface area is 152 Å². The second kappa shape index (κ2) is 8.56. The van der Waals surface area contributed by atoms with Crippen molar-refractivity contribution >= 4 is 17.2 Å². The van der Waals surface area contributed by atoms with Crippen molar-refractivity contribution in [2.75, 3.05) is 46.3 Å². The maximum Gasteiger partial charge on any atom is 0.261 e. The highest BCUT2D eigenvalue weighted by molar-refractivity contribution is 7.17. The monoisotopic (exact) mass is 361 g/mol. The third-order valence-corrected chi connectivity index (χ3v) is 5.62. The first-order valence-corrected chi connectivity index (χ1v) is 9.48. The Hall–Kier alpha value is -1.76. The summed E-state index contributed by atoms with van der Waals surface area (Å²) in [7, 11) is 2.15. The fourth-order valence-corrected chi connectivity index (χ4v) is 3.82. The number of carbonyl (C=O) groups is 1. The van der Waals surface area contributed by atoms with Gasteiger partial charge in [0.1, 0.15) is 5.82 Å². The van der Waals surface area contributed by atoms with Gasteiger partial charge in [-0.1, -0.05) is 12.1 Å². The number of amides is 1. The van der Waals surface area contributed by atoms with E-state index in [-0.39, 0.29) is 11.7 Å². The van der Waals surface area contributed by atoms with E-state index in [1.807, 2.05) is 12.1 Å². The van der Waals surface area contributed by atoms with E-state index < -0.39 is 0 Å². The van der Waals surface area contributed by atoms with Crippen LogP contribution in [0, 0.1) is 5.82 Å². The zero-order chi connectivity index (χ0) is 17.6. The van der Waals surface area contributed by atoms with Gasteiger partial charge in [-0.2, -0.15) is 0 Å². The first-order valence-electron chi connectivity index (χ1n) is 8.67. The number of likely N-dealkylation sites (N-methyl/N-ethyl adjacent to an activating group) is 1. The molecule has 25 heavy (non-hydrogen) atoms. The van der Waals surface area contributed by atoms with Crippen LogP contribution in [0.2, 0.25) is 0 Å². The van der Waals surface area contributed by atoms with E-state index in [1.165, 1.54) is 23.5 Å². The first kappa shape index (κ1) is 18.0. The van der Waals surface area contributed by atoms with Crippen molar-refractivity contribution in [2.24, 2.45) is 0 Å². The third-order valence-electron chi connectivity index (χ3n) is 4.49. The summed E-state index contributed by atoms with van der Waals surface area (Å²) in [4.78, 5) is 18.7. The van der Waals surface area contributed by atoms with E-state index in [0.29, 0.717) is 11.4 Å². The number of hydrogen-bond donors (Lipinski definition) is 1. The van der Waals surface area contributed by atoms with Gasteiger partial charge in [0, 0.05) is 37.6 Å². The number of rotatable bonds is 6. The van der Waals surface area contributed by atoms with Crippen molar-refractivity contribution in [3.05, 3.63) is 47.1 Å². The summed E-state index contributed by atoms with van der Waals surface area (Å²) in [6, 6.07) is 10.1. The molecule has 0 bridgehead atoms. The van der Waals surface area contributed by atoms with Gasteiger partial charge in [-0.05, 0) is 49.8 Å². The molecule has 0 spiro atoms. The Bertz CT molecular complexity index is 693. The van der Waals surface area contributed by atoms with Crippen LogP contribution in [0.1, 0.15) is 16.1 Å². The number of halogens is 1. The van der Waals surface area contributed by atoms with Gasteiger partial charge in [0.2, 0.25) is 0 Å². The van der Waals surface area contributed by atoms with Gasteiger partial charge >= 0.3 is 0 Å². The van der Waals surface area contributed by atoms with Crippen LogP contribution < -0.4 is 5.32 Å². The summed E-state index contributed by atoms with van der Waals surface area (Å²) in [5.41, 5.74) is 0.931. The maximum atomic E-state index is 13.0. The summed E-state index contributed by atoms with van der Waals surface area (Å²) in [6.07, 6.45) is 0.964. The Kier molecular flexibility index (Phi) is 6.18. The lowest BCUT2D eigenvalue weighted by atomic mass is 10.2. The van der Waals surface area contributed by atoms with E-state index in [2.05, 4.69) is 22.2 Å². The first-order chi connectivity index (χ1) is 12.1. The van der Waals surface area contributed by atoms with Crippen molar-refractivity contribution in [1.82, 2.24) is 15.1 Å². The Morgan fingerprint density at radius 3 is 2.56 bits per heavy atom. The molecule has 0 aliphatic carbocycles. The van der Waals surface area contributed by atoms with Gasteiger partial charge in [-0.15, -0.1) is 11.3 Å². The molecule has 1 saturated heterocycles. The molecule has 2 heterocycles. The van der Waals surface area contributed by atoms with Crippen LogP contribution in [0.3, 0.4) is 0 Å². The molecule has 4 nitrogen and oxygen atoms in total. The minimum Gasteiger partial charge on any atom is -0.351 e. The normalized spacial score (nSPS) is 16.1. The number of thiophene rings is 1. The lowest BCUT2D eigenvalue weighted by Crippen LogP contribution is -2.45. The summed E-state index contributed by atoms with van der Waals surface area (Å²) >= 11 is 1.44. The van der Waals surface area contributed by atoms with Crippen molar-refractivity contribution in [3.8, 4) is 10.4 Å². The number of nitrogens with zero attached hydrogens (tertiary/aromatic N) is 2. The van der Waals surface area contributed by atoms with Gasteiger partial charge in [-0.3, -0.25) is 4.79 Å². The van der Waals surface area contributed by atoms with Crippen LogP contribution in [0.25, 0.3) is 10.4 Å². The van der Waals surface area contributed by atoms with Gasteiger partial charge in [0.05, 0.1) is 4.88 Å². The highest BCUT2D eigenvalue weighted by atomic mass is 32.1. The quantitative estimate of drug-likeness (QED) is 0.804. The average molecular weight is 361 g/mol. The average Bonchev–Trinajstić information content (AvgIpc) is 3.11. The fourth-order valence-electron chi connectivity index (χ4n) is 2.89. The van der Waals surface area contributed by atoms with Gasteiger partial charge in [-0.25, -0.2) is 4.39 Å². The van der Waals surface area contributed by atoms with Crippen molar-refractivity contribution in [2.45, 2.75) is 6.42 Å². The molecule has 0 unspecified atom stereocenters. The zero-order valence-electron chi connectivity index (χ0n) is 14.5. The summed E-state index contributed by atoms with van der Waals surface area (Å²) in [5, 5.41) is 3.00. The van der Waals surface area contributed by atoms with Crippen LogP contribution in [-0.2, 0) is 0 Å². The smallest absolute Gasteiger partial charge is 0.261 e. The zero-order valence-corrected chi connectivity index (χ0v) is 15.3. The van der Waals surface area contributed by atoms with Gasteiger partial charge in [0.25, 0.3) is 5.91 Å². The minimum absolute atomic E-state index is 0.0308. The number of piperazine rings is 1. The lowest BCUT2D eigenvalue weighted by molar-refractivity contribution is 0.0953. The molecule has 1 N–H and O–H groups in total. The number of nitrogens with one attached hydrogen (secondary N) is 1. The molecule has 134 valence electrons. The molecule has 6 heteroatoms. The Balaban J connectivity index is 1.43. The van der Waals surface area contributed by atoms with Crippen molar-refractivity contribution in [1.29, 1.82) is 0 Å². The van der Waals surface area contributed by atoms with Crippen LogP contribution in [0.15, 0.2) is 36.4 Å². The van der Waals surface area contributed by atoms with E-state index in [1.54, 1.807) is 12.1 Å². The predicted molar refractivity (Wildman–Crippen MR) is 101 cm³/mol. The molecule has 2 aromatic rings. The van der Waals surface area contributed by atoms with E-state index >= 15 is 0 Å². The molecule has 0 saturated carbocycles. The second-order valence-corrected chi connectivity index (χ2v) is 7.51. The van der Waals surface area contributed by atoms with E-state index in [0.717, 1.165) is 49.6 Å². The maximum absolute atomic E-state index is 13.0. The fraction of sp³-hybridized carbons (Fsp3) is 0.421. The summed E-state index contributed by atoms with van der Waals surface area (Å²) < 4.78 is 13.0. The molecule has 0 radical (unpaired) electrons. The summed E-state index contributed by atoms with van der Waals surface area (Å²) in [5.74, 6) is -0.282. The largest absolute Gasteiger partial charge is 0.351 e. The molecule has 1 aliphatic heterocycles. The second-order valence-electron chi connectivity index (χ2n) is 6.43. The highest BCUT2D eigenvalue weighted by Gasteiger charge is 2.14. The van der Waals surface area contributed by atoms with Gasteiger partial charge in [0.15, 0.2) is 0 Å². The topological polar surface area (TPSA) is 35.6 Å². The predicted octanol–water partition coefficient (Wildman–Crippen LogP) is 2.92. The van der Waals surface area contributed by atoms with Crippen molar-refractivity contribution in [3.63, 3.8) is 0 Å². The van der Waals surface area contributed by atoms with Gasteiger partial charge < -0.3 is 15.1 Å². The lowest BCUT2D eigenvalue weighted by Gasteiger charge is -2.32. The van der Waals surface area contributed by atoms with Crippen LogP contribution >= 0.6 is 11.3 Å². The number of hydrogen-bond acceptors (Lipinski definition) is 4. The molecule has 1 aromatic carbocycles. The highest BCUT2D eigenvalue weighted by Crippen LogP contribution is 2.28. The molecule has 1 aromatic heterocycles. The molecule has 1 aliphatic rings. The van der Waals surface area contributed by atoms with Crippen LogP contribution in [0.5, 0.6) is 0 Å². The standard InChI is InChI=1S/C19H24FN3OS/c1-22-11-13-23(14-12-22)10-2-9-21-19(24)18-8-7-17(25-18)15-3-5-16(20)6-4-15/h3-8H,2,9-14H2,1H3,(H,21,24). The molecule has 0 atom stereocenters. The molecular formula is C19H24FN3OS. The minimum atomic E-state index is -0.251. The number of benzene rings is 1. The third kappa shape index (κ3) is 5.11. The van der Waals surface area contributed by atoms with E-state index in [9.17, 15) is 9.18 Å². The molecule has 1 fully saturated rings. The summed E-state index contributed by atoms with van der Waals surface area (Å²) in [6.45, 7) is 6.17. The Morgan fingerprint density at radius 2 is 1.84 bits per heavy atom.